The summed E-state index contributed by atoms with van der Waals surface area (Å²) < 4.78 is 5.28. The van der Waals surface area contributed by atoms with Crippen molar-refractivity contribution in [3.63, 3.8) is 0 Å². The fourth-order valence-corrected chi connectivity index (χ4v) is 3.56. The third kappa shape index (κ3) is 5.34. The zero-order valence-corrected chi connectivity index (χ0v) is 13.1. The Balaban J connectivity index is 1.78. The van der Waals surface area contributed by atoms with E-state index in [9.17, 15) is 0 Å². The molecule has 1 unspecified atom stereocenters. The van der Waals surface area contributed by atoms with Crippen molar-refractivity contribution in [3.8, 4) is 0 Å². The standard InChI is InChI=1S/C15H21NO2S2/c17-7-9-18-8-3-6-16-14(15-5-2-11-20-15)12-13-4-1-10-19-13/h1-2,4-5,10-11,14,16-17H,3,6-9,12H2. The highest BCUT2D eigenvalue weighted by Gasteiger charge is 2.13. The SMILES string of the molecule is OCCOCCCNC(Cc1cccs1)c1cccs1. The molecular formula is C15H21NO2S2. The van der Waals surface area contributed by atoms with Gasteiger partial charge in [0.15, 0.2) is 0 Å². The predicted octanol–water partition coefficient (Wildman–Crippen LogP) is 3.08. The van der Waals surface area contributed by atoms with E-state index in [1.165, 1.54) is 9.75 Å². The van der Waals surface area contributed by atoms with Crippen LogP contribution in [0.15, 0.2) is 35.0 Å². The van der Waals surface area contributed by atoms with Crippen LogP contribution in [0.4, 0.5) is 0 Å². The van der Waals surface area contributed by atoms with Crippen LogP contribution in [0.25, 0.3) is 0 Å². The second kappa shape index (κ2) is 9.26. The molecule has 0 saturated carbocycles. The van der Waals surface area contributed by atoms with E-state index in [1.54, 1.807) is 11.3 Å². The first-order chi connectivity index (χ1) is 9.90. The molecule has 2 heterocycles. The first-order valence-corrected chi connectivity index (χ1v) is 8.64. The van der Waals surface area contributed by atoms with E-state index in [2.05, 4.69) is 40.3 Å². The number of hydrogen-bond acceptors (Lipinski definition) is 5. The van der Waals surface area contributed by atoms with E-state index in [4.69, 9.17) is 9.84 Å². The normalized spacial score (nSPS) is 12.7. The number of ether oxygens (including phenoxy) is 1. The molecule has 20 heavy (non-hydrogen) atoms. The molecule has 110 valence electrons. The van der Waals surface area contributed by atoms with Gasteiger partial charge < -0.3 is 15.2 Å². The van der Waals surface area contributed by atoms with Crippen molar-refractivity contribution in [2.45, 2.75) is 18.9 Å². The average Bonchev–Trinajstić information content (AvgIpc) is 3.13. The quantitative estimate of drug-likeness (QED) is 0.663. The van der Waals surface area contributed by atoms with Crippen LogP contribution in [0, 0.1) is 0 Å². The molecule has 2 aromatic heterocycles. The second-order valence-electron chi connectivity index (χ2n) is 4.50. The van der Waals surface area contributed by atoms with Gasteiger partial charge in [-0.15, -0.1) is 22.7 Å². The molecule has 0 aliphatic carbocycles. The van der Waals surface area contributed by atoms with Gasteiger partial charge >= 0.3 is 0 Å². The maximum Gasteiger partial charge on any atom is 0.0697 e. The Morgan fingerprint density at radius 1 is 1.15 bits per heavy atom. The molecule has 0 radical (unpaired) electrons. The van der Waals surface area contributed by atoms with Gasteiger partial charge in [-0.1, -0.05) is 12.1 Å². The fourth-order valence-electron chi connectivity index (χ4n) is 2.01. The number of nitrogens with one attached hydrogen (secondary N) is 1. The van der Waals surface area contributed by atoms with E-state index < -0.39 is 0 Å². The average molecular weight is 311 g/mol. The first kappa shape index (κ1) is 15.7. The summed E-state index contributed by atoms with van der Waals surface area (Å²) in [5, 5.41) is 16.5. The number of thiophene rings is 2. The highest BCUT2D eigenvalue weighted by molar-refractivity contribution is 7.10. The van der Waals surface area contributed by atoms with Crippen molar-refractivity contribution in [1.29, 1.82) is 0 Å². The minimum atomic E-state index is 0.101. The van der Waals surface area contributed by atoms with Gasteiger partial charge in [-0.25, -0.2) is 0 Å². The van der Waals surface area contributed by atoms with E-state index in [0.717, 1.165) is 19.4 Å². The lowest BCUT2D eigenvalue weighted by Gasteiger charge is -2.17. The van der Waals surface area contributed by atoms with Crippen LogP contribution < -0.4 is 5.32 Å². The Labute approximate surface area is 128 Å². The van der Waals surface area contributed by atoms with E-state index in [1.807, 2.05) is 11.3 Å². The summed E-state index contributed by atoms with van der Waals surface area (Å²) >= 11 is 3.61. The van der Waals surface area contributed by atoms with Gasteiger partial charge in [0, 0.05) is 28.8 Å². The van der Waals surface area contributed by atoms with Gasteiger partial charge in [-0.05, 0) is 35.9 Å². The van der Waals surface area contributed by atoms with Crippen LogP contribution >= 0.6 is 22.7 Å². The number of rotatable bonds is 10. The maximum absolute atomic E-state index is 8.64. The summed E-state index contributed by atoms with van der Waals surface area (Å²) in [6.07, 6.45) is 2.00. The summed E-state index contributed by atoms with van der Waals surface area (Å²) in [4.78, 5) is 2.79. The molecule has 2 rings (SSSR count). The molecule has 0 saturated heterocycles. The van der Waals surface area contributed by atoms with Crippen molar-refractivity contribution >= 4 is 22.7 Å². The molecule has 5 heteroatoms. The van der Waals surface area contributed by atoms with Crippen LogP contribution in [0.5, 0.6) is 0 Å². The highest BCUT2D eigenvalue weighted by atomic mass is 32.1. The summed E-state index contributed by atoms with van der Waals surface area (Å²) in [5.41, 5.74) is 0. The molecule has 0 spiro atoms. The summed E-state index contributed by atoms with van der Waals surface area (Å²) in [5.74, 6) is 0. The predicted molar refractivity (Wildman–Crippen MR) is 85.6 cm³/mol. The monoisotopic (exact) mass is 311 g/mol. The number of aliphatic hydroxyl groups is 1. The number of hydrogen-bond donors (Lipinski definition) is 2. The lowest BCUT2D eigenvalue weighted by atomic mass is 10.1. The van der Waals surface area contributed by atoms with Crippen molar-refractivity contribution in [3.05, 3.63) is 44.8 Å². The molecule has 3 nitrogen and oxygen atoms in total. The minimum Gasteiger partial charge on any atom is -0.394 e. The second-order valence-corrected chi connectivity index (χ2v) is 6.51. The third-order valence-electron chi connectivity index (χ3n) is 2.96. The molecule has 0 fully saturated rings. The van der Waals surface area contributed by atoms with Gasteiger partial charge in [0.25, 0.3) is 0 Å². The smallest absolute Gasteiger partial charge is 0.0697 e. The van der Waals surface area contributed by atoms with Crippen LogP contribution in [0.3, 0.4) is 0 Å². The first-order valence-electron chi connectivity index (χ1n) is 6.88. The van der Waals surface area contributed by atoms with E-state index in [-0.39, 0.29) is 6.61 Å². The zero-order chi connectivity index (χ0) is 14.0. The Morgan fingerprint density at radius 3 is 2.70 bits per heavy atom. The lowest BCUT2D eigenvalue weighted by molar-refractivity contribution is 0.0904. The van der Waals surface area contributed by atoms with Crippen molar-refractivity contribution in [1.82, 2.24) is 5.32 Å². The topological polar surface area (TPSA) is 41.5 Å². The Kier molecular flexibility index (Phi) is 7.25. The zero-order valence-electron chi connectivity index (χ0n) is 11.5. The fraction of sp³-hybridized carbons (Fsp3) is 0.467. The van der Waals surface area contributed by atoms with Crippen LogP contribution in [-0.2, 0) is 11.2 Å². The largest absolute Gasteiger partial charge is 0.394 e. The molecule has 0 aliphatic heterocycles. The lowest BCUT2D eigenvalue weighted by Crippen LogP contribution is -2.24. The molecule has 0 aromatic carbocycles. The minimum absolute atomic E-state index is 0.101. The molecule has 2 aromatic rings. The summed E-state index contributed by atoms with van der Waals surface area (Å²) in [7, 11) is 0. The van der Waals surface area contributed by atoms with Gasteiger partial charge in [0.1, 0.15) is 0 Å². The van der Waals surface area contributed by atoms with Crippen LogP contribution in [-0.4, -0.2) is 31.5 Å². The Morgan fingerprint density at radius 2 is 2.00 bits per heavy atom. The van der Waals surface area contributed by atoms with E-state index >= 15 is 0 Å². The number of aliphatic hydroxyl groups excluding tert-OH is 1. The van der Waals surface area contributed by atoms with Crippen LogP contribution in [0.2, 0.25) is 0 Å². The Bertz CT molecular complexity index is 442. The highest BCUT2D eigenvalue weighted by Crippen LogP contribution is 2.24. The molecular weight excluding hydrogens is 290 g/mol. The van der Waals surface area contributed by atoms with Gasteiger partial charge in [-0.3, -0.25) is 0 Å². The Hall–Kier alpha value is -0.720. The molecule has 0 aliphatic rings. The van der Waals surface area contributed by atoms with Crippen LogP contribution in [0.1, 0.15) is 22.2 Å². The summed E-state index contributed by atoms with van der Waals surface area (Å²) in [6, 6.07) is 8.98. The van der Waals surface area contributed by atoms with Crippen molar-refractivity contribution in [2.24, 2.45) is 0 Å². The van der Waals surface area contributed by atoms with Crippen molar-refractivity contribution < 1.29 is 9.84 Å². The molecule has 0 amide bonds. The van der Waals surface area contributed by atoms with Gasteiger partial charge in [0.2, 0.25) is 0 Å². The van der Waals surface area contributed by atoms with Crippen molar-refractivity contribution in [2.75, 3.05) is 26.4 Å². The molecule has 0 bridgehead atoms. The van der Waals surface area contributed by atoms with Gasteiger partial charge in [-0.2, -0.15) is 0 Å². The molecule has 2 N–H and O–H groups in total. The maximum atomic E-state index is 8.64. The molecule has 1 atom stereocenters. The summed E-state index contributed by atoms with van der Waals surface area (Å²) in [6.45, 7) is 2.16. The van der Waals surface area contributed by atoms with Gasteiger partial charge in [0.05, 0.1) is 13.2 Å². The third-order valence-corrected chi connectivity index (χ3v) is 4.85. The van der Waals surface area contributed by atoms with E-state index in [0.29, 0.717) is 19.3 Å².